The highest BCUT2D eigenvalue weighted by Crippen LogP contribution is 2.17. The number of nitrogens with zero attached hydrogens (tertiary/aromatic N) is 1. The van der Waals surface area contributed by atoms with Gasteiger partial charge in [0.2, 0.25) is 0 Å². The number of carbonyl (C=O) groups is 1. The molecule has 0 bridgehead atoms. The maximum absolute atomic E-state index is 12.1. The highest BCUT2D eigenvalue weighted by molar-refractivity contribution is 6.04. The molecule has 0 aliphatic carbocycles. The number of hydrogen-bond acceptors (Lipinski definition) is 3. The molecule has 98 valence electrons. The van der Waals surface area contributed by atoms with Crippen LogP contribution < -0.4 is 10.6 Å². The first-order chi connectivity index (χ1) is 9.10. The van der Waals surface area contributed by atoms with Gasteiger partial charge in [0.1, 0.15) is 5.82 Å². The Morgan fingerprint density at radius 2 is 1.95 bits per heavy atom. The Bertz CT molecular complexity index is 591. The highest BCUT2D eigenvalue weighted by Gasteiger charge is 2.08. The van der Waals surface area contributed by atoms with E-state index in [1.165, 1.54) is 5.56 Å². The molecule has 19 heavy (non-hydrogen) atoms. The fourth-order valence-corrected chi connectivity index (χ4v) is 1.82. The van der Waals surface area contributed by atoms with Crippen molar-refractivity contribution in [2.75, 3.05) is 17.7 Å². The smallest absolute Gasteiger partial charge is 0.257 e. The molecule has 0 aliphatic rings. The molecule has 4 nitrogen and oxygen atoms in total. The van der Waals surface area contributed by atoms with Gasteiger partial charge in [-0.1, -0.05) is 17.7 Å². The Morgan fingerprint density at radius 3 is 2.53 bits per heavy atom. The minimum Gasteiger partial charge on any atom is -0.373 e. The van der Waals surface area contributed by atoms with Gasteiger partial charge in [0.25, 0.3) is 5.91 Å². The van der Waals surface area contributed by atoms with E-state index in [9.17, 15) is 4.79 Å². The zero-order valence-electron chi connectivity index (χ0n) is 11.3. The lowest BCUT2D eigenvalue weighted by Gasteiger charge is -2.09. The van der Waals surface area contributed by atoms with Gasteiger partial charge >= 0.3 is 0 Å². The fourth-order valence-electron chi connectivity index (χ4n) is 1.82. The van der Waals surface area contributed by atoms with E-state index in [0.717, 1.165) is 17.1 Å². The van der Waals surface area contributed by atoms with Gasteiger partial charge in [-0.25, -0.2) is 4.98 Å². The Labute approximate surface area is 112 Å². The van der Waals surface area contributed by atoms with Crippen LogP contribution in [-0.4, -0.2) is 17.9 Å². The van der Waals surface area contributed by atoms with Gasteiger partial charge in [-0.05, 0) is 37.6 Å². The van der Waals surface area contributed by atoms with Crippen molar-refractivity contribution in [3.05, 3.63) is 53.2 Å². The van der Waals surface area contributed by atoms with Crippen molar-refractivity contribution in [1.29, 1.82) is 0 Å². The third-order valence-electron chi connectivity index (χ3n) is 2.91. The molecule has 2 aromatic rings. The molecule has 0 saturated heterocycles. The predicted molar refractivity (Wildman–Crippen MR) is 77.7 cm³/mol. The number of aromatic nitrogens is 1. The fraction of sp³-hybridized carbons (Fsp3) is 0.200. The van der Waals surface area contributed by atoms with Crippen LogP contribution in [0.2, 0.25) is 0 Å². The second-order valence-corrected chi connectivity index (χ2v) is 4.45. The molecule has 0 spiro atoms. The number of aryl methyl sites for hydroxylation is 2. The molecule has 0 aliphatic heterocycles. The van der Waals surface area contributed by atoms with Crippen LogP contribution in [0.15, 0.2) is 36.5 Å². The van der Waals surface area contributed by atoms with Crippen LogP contribution in [0.4, 0.5) is 11.5 Å². The molecular formula is C15H17N3O. The molecule has 1 amide bonds. The van der Waals surface area contributed by atoms with Crippen molar-refractivity contribution in [2.45, 2.75) is 13.8 Å². The SMILES string of the molecule is CNc1ccc(C(=O)Nc2ccc(C)cc2C)cn1. The maximum atomic E-state index is 12.1. The lowest BCUT2D eigenvalue weighted by molar-refractivity contribution is 0.102. The van der Waals surface area contributed by atoms with E-state index in [2.05, 4.69) is 15.6 Å². The molecule has 0 fully saturated rings. The van der Waals surface area contributed by atoms with Gasteiger partial charge in [0, 0.05) is 18.9 Å². The number of carbonyl (C=O) groups excluding carboxylic acids is 1. The van der Waals surface area contributed by atoms with Gasteiger partial charge in [-0.3, -0.25) is 4.79 Å². The van der Waals surface area contributed by atoms with Crippen LogP contribution in [-0.2, 0) is 0 Å². The van der Waals surface area contributed by atoms with Gasteiger partial charge in [-0.2, -0.15) is 0 Å². The Hall–Kier alpha value is -2.36. The molecule has 1 aromatic carbocycles. The van der Waals surface area contributed by atoms with Crippen molar-refractivity contribution < 1.29 is 4.79 Å². The van der Waals surface area contributed by atoms with Crippen LogP contribution in [0.5, 0.6) is 0 Å². The molecule has 2 N–H and O–H groups in total. The number of rotatable bonds is 3. The predicted octanol–water partition coefficient (Wildman–Crippen LogP) is 2.99. The first kappa shape index (κ1) is 13.1. The van der Waals surface area contributed by atoms with Crippen molar-refractivity contribution >= 4 is 17.4 Å². The molecule has 0 saturated carbocycles. The minimum atomic E-state index is -0.151. The zero-order valence-corrected chi connectivity index (χ0v) is 11.3. The average Bonchev–Trinajstić information content (AvgIpc) is 2.42. The summed E-state index contributed by atoms with van der Waals surface area (Å²) in [5.74, 6) is 0.588. The first-order valence-corrected chi connectivity index (χ1v) is 6.12. The van der Waals surface area contributed by atoms with E-state index < -0.39 is 0 Å². The number of anilines is 2. The van der Waals surface area contributed by atoms with E-state index in [1.54, 1.807) is 25.4 Å². The molecule has 4 heteroatoms. The molecule has 0 unspecified atom stereocenters. The van der Waals surface area contributed by atoms with Crippen molar-refractivity contribution in [2.24, 2.45) is 0 Å². The van der Waals surface area contributed by atoms with Crippen LogP contribution in [0.3, 0.4) is 0 Å². The van der Waals surface area contributed by atoms with Crippen LogP contribution >= 0.6 is 0 Å². The Kier molecular flexibility index (Phi) is 3.80. The monoisotopic (exact) mass is 255 g/mol. The summed E-state index contributed by atoms with van der Waals surface area (Å²) in [5.41, 5.74) is 3.59. The third kappa shape index (κ3) is 3.10. The summed E-state index contributed by atoms with van der Waals surface area (Å²) in [6.07, 6.45) is 1.56. The van der Waals surface area contributed by atoms with Crippen molar-refractivity contribution in [3.8, 4) is 0 Å². The van der Waals surface area contributed by atoms with Crippen molar-refractivity contribution in [1.82, 2.24) is 4.98 Å². The lowest BCUT2D eigenvalue weighted by Crippen LogP contribution is -2.13. The van der Waals surface area contributed by atoms with Gasteiger partial charge in [-0.15, -0.1) is 0 Å². The summed E-state index contributed by atoms with van der Waals surface area (Å²) >= 11 is 0. The lowest BCUT2D eigenvalue weighted by atomic mass is 10.1. The molecule has 0 atom stereocenters. The van der Waals surface area contributed by atoms with E-state index in [-0.39, 0.29) is 5.91 Å². The van der Waals surface area contributed by atoms with Gasteiger partial charge in [0.05, 0.1) is 5.56 Å². The molecule has 0 radical (unpaired) electrons. The van der Waals surface area contributed by atoms with E-state index in [0.29, 0.717) is 5.56 Å². The normalized spacial score (nSPS) is 10.1. The number of pyridine rings is 1. The van der Waals surface area contributed by atoms with Crippen LogP contribution in [0.25, 0.3) is 0 Å². The maximum Gasteiger partial charge on any atom is 0.257 e. The summed E-state index contributed by atoms with van der Waals surface area (Å²) in [7, 11) is 1.79. The Balaban J connectivity index is 2.15. The molecule has 1 heterocycles. The third-order valence-corrected chi connectivity index (χ3v) is 2.91. The largest absolute Gasteiger partial charge is 0.373 e. The average molecular weight is 255 g/mol. The summed E-state index contributed by atoms with van der Waals surface area (Å²) in [4.78, 5) is 16.2. The quantitative estimate of drug-likeness (QED) is 0.886. The summed E-state index contributed by atoms with van der Waals surface area (Å²) in [6.45, 7) is 4.00. The highest BCUT2D eigenvalue weighted by atomic mass is 16.1. The topological polar surface area (TPSA) is 54.0 Å². The molecule has 2 rings (SSSR count). The minimum absolute atomic E-state index is 0.151. The van der Waals surface area contributed by atoms with Crippen LogP contribution in [0, 0.1) is 13.8 Å². The summed E-state index contributed by atoms with van der Waals surface area (Å²) < 4.78 is 0. The molecular weight excluding hydrogens is 238 g/mol. The summed E-state index contributed by atoms with van der Waals surface area (Å²) in [5, 5.41) is 5.81. The number of hydrogen-bond donors (Lipinski definition) is 2. The first-order valence-electron chi connectivity index (χ1n) is 6.12. The van der Waals surface area contributed by atoms with E-state index in [1.807, 2.05) is 32.0 Å². The standard InChI is InChI=1S/C15H17N3O/c1-10-4-6-13(11(2)8-10)18-15(19)12-5-7-14(16-3)17-9-12/h4-9H,1-3H3,(H,16,17)(H,18,19). The van der Waals surface area contributed by atoms with E-state index >= 15 is 0 Å². The van der Waals surface area contributed by atoms with E-state index in [4.69, 9.17) is 0 Å². The number of amides is 1. The van der Waals surface area contributed by atoms with Gasteiger partial charge in [0.15, 0.2) is 0 Å². The second kappa shape index (κ2) is 5.52. The Morgan fingerprint density at radius 1 is 1.16 bits per heavy atom. The number of benzene rings is 1. The van der Waals surface area contributed by atoms with Gasteiger partial charge < -0.3 is 10.6 Å². The molecule has 1 aromatic heterocycles. The zero-order chi connectivity index (χ0) is 13.8. The van der Waals surface area contributed by atoms with Crippen LogP contribution in [0.1, 0.15) is 21.5 Å². The van der Waals surface area contributed by atoms with Crippen molar-refractivity contribution in [3.63, 3.8) is 0 Å². The second-order valence-electron chi connectivity index (χ2n) is 4.45. The summed E-state index contributed by atoms with van der Waals surface area (Å²) in [6, 6.07) is 9.45. The number of nitrogens with one attached hydrogen (secondary N) is 2.